The summed E-state index contributed by atoms with van der Waals surface area (Å²) in [6.45, 7) is 20.6. The van der Waals surface area contributed by atoms with E-state index in [1.807, 2.05) is 36.4 Å². The molecular formula is C63H56BN5O. The number of anilines is 3. The standard InChI is InChI=1S/C63H56BN5O/c1-61(2,3)41-27-31-44(32-28-41)68-52-33-29-42(62(4,5)6)35-49(52)64-50-36-43(63(7,8)9)30-34-54(50)70-55-38-45(37-53(68)56(55)64)69-51-26-17-16-23-46(51)47-24-18-25-48(57(47)69)60-66-58(39-19-12-10-13-20-39)65-59(67-60)40-21-14-11-15-22-40/h10-38H,1-9H3. The molecule has 0 radical (unpaired) electrons. The molecule has 6 nitrogen and oxygen atoms in total. The van der Waals surface area contributed by atoms with Gasteiger partial charge in [-0.2, -0.15) is 0 Å². The summed E-state index contributed by atoms with van der Waals surface area (Å²) in [4.78, 5) is 18.1. The highest BCUT2D eigenvalue weighted by atomic mass is 16.5. The number of para-hydroxylation sites is 2. The molecule has 7 heteroatoms. The molecular weight excluding hydrogens is 854 g/mol. The molecule has 70 heavy (non-hydrogen) atoms. The molecule has 2 aliphatic heterocycles. The van der Waals surface area contributed by atoms with Crippen molar-refractivity contribution in [3.63, 3.8) is 0 Å². The first-order valence-corrected chi connectivity index (χ1v) is 24.6. The summed E-state index contributed by atoms with van der Waals surface area (Å²) in [6, 6.07) is 63.5. The molecule has 0 amide bonds. The molecule has 0 saturated carbocycles. The van der Waals surface area contributed by atoms with E-state index >= 15 is 0 Å². The topological polar surface area (TPSA) is 56.1 Å². The fraction of sp³-hybridized carbons (Fsp3) is 0.190. The predicted molar refractivity (Wildman–Crippen MR) is 292 cm³/mol. The lowest BCUT2D eigenvalue weighted by Crippen LogP contribution is -2.60. The Labute approximate surface area is 411 Å². The van der Waals surface area contributed by atoms with Gasteiger partial charge in [-0.3, -0.25) is 0 Å². The minimum atomic E-state index is -0.0701. The summed E-state index contributed by atoms with van der Waals surface area (Å²) >= 11 is 0. The van der Waals surface area contributed by atoms with Gasteiger partial charge in [0, 0.05) is 50.6 Å². The number of hydrogen-bond acceptors (Lipinski definition) is 5. The smallest absolute Gasteiger partial charge is 0.256 e. The molecule has 2 aromatic heterocycles. The van der Waals surface area contributed by atoms with Crippen molar-refractivity contribution < 1.29 is 4.74 Å². The van der Waals surface area contributed by atoms with Crippen LogP contribution in [0.4, 0.5) is 17.1 Å². The van der Waals surface area contributed by atoms with Crippen LogP contribution < -0.4 is 26.0 Å². The molecule has 4 heterocycles. The fourth-order valence-electron chi connectivity index (χ4n) is 10.6. The number of hydrogen-bond donors (Lipinski definition) is 0. The molecule has 0 unspecified atom stereocenters. The van der Waals surface area contributed by atoms with Gasteiger partial charge in [0.1, 0.15) is 11.5 Å². The molecule has 342 valence electrons. The average Bonchev–Trinajstić information content (AvgIpc) is 3.70. The Morgan fingerprint density at radius 3 is 1.63 bits per heavy atom. The molecule has 0 spiro atoms. The van der Waals surface area contributed by atoms with E-state index in [4.69, 9.17) is 19.7 Å². The maximum absolute atomic E-state index is 7.29. The third-order valence-corrected chi connectivity index (χ3v) is 14.4. The van der Waals surface area contributed by atoms with Crippen molar-refractivity contribution in [2.24, 2.45) is 0 Å². The Balaban J connectivity index is 1.16. The van der Waals surface area contributed by atoms with Gasteiger partial charge in [-0.05, 0) is 91.8 Å². The number of nitrogens with zero attached hydrogens (tertiary/aromatic N) is 5. The molecule has 0 bridgehead atoms. The molecule has 0 saturated heterocycles. The van der Waals surface area contributed by atoms with Crippen LogP contribution in [0.3, 0.4) is 0 Å². The van der Waals surface area contributed by atoms with E-state index in [0.29, 0.717) is 17.5 Å². The molecule has 0 N–H and O–H groups in total. The van der Waals surface area contributed by atoms with E-state index < -0.39 is 0 Å². The highest BCUT2D eigenvalue weighted by Crippen LogP contribution is 2.46. The second kappa shape index (κ2) is 15.9. The van der Waals surface area contributed by atoms with Gasteiger partial charge < -0.3 is 14.2 Å². The Morgan fingerprint density at radius 2 is 0.986 bits per heavy atom. The highest BCUT2D eigenvalue weighted by molar-refractivity contribution is 6.99. The van der Waals surface area contributed by atoms with E-state index in [1.165, 1.54) is 38.8 Å². The van der Waals surface area contributed by atoms with Crippen LogP contribution in [0.15, 0.2) is 176 Å². The van der Waals surface area contributed by atoms with Crippen LogP contribution in [0, 0.1) is 0 Å². The first-order chi connectivity index (χ1) is 33.6. The summed E-state index contributed by atoms with van der Waals surface area (Å²) < 4.78 is 9.69. The first kappa shape index (κ1) is 43.5. The van der Waals surface area contributed by atoms with Gasteiger partial charge in [0.05, 0.1) is 16.7 Å². The zero-order chi connectivity index (χ0) is 48.3. The molecule has 10 aromatic rings. The first-order valence-electron chi connectivity index (χ1n) is 24.6. The largest absolute Gasteiger partial charge is 0.458 e. The molecule has 8 aromatic carbocycles. The van der Waals surface area contributed by atoms with Crippen LogP contribution in [0.2, 0.25) is 0 Å². The van der Waals surface area contributed by atoms with Crippen molar-refractivity contribution in [3.8, 4) is 51.3 Å². The van der Waals surface area contributed by atoms with Crippen LogP contribution >= 0.6 is 0 Å². The monoisotopic (exact) mass is 909 g/mol. The fourth-order valence-corrected chi connectivity index (χ4v) is 10.6. The number of rotatable bonds is 5. The van der Waals surface area contributed by atoms with Gasteiger partial charge >= 0.3 is 0 Å². The summed E-state index contributed by atoms with van der Waals surface area (Å²) in [5.41, 5.74) is 16.6. The predicted octanol–water partition coefficient (Wildman–Crippen LogP) is 14.3. The van der Waals surface area contributed by atoms with Gasteiger partial charge in [0.15, 0.2) is 17.5 Å². The maximum Gasteiger partial charge on any atom is 0.256 e. The van der Waals surface area contributed by atoms with Crippen LogP contribution in [-0.2, 0) is 16.2 Å². The van der Waals surface area contributed by atoms with Crippen molar-refractivity contribution in [2.75, 3.05) is 4.90 Å². The molecule has 0 aliphatic carbocycles. The van der Waals surface area contributed by atoms with Gasteiger partial charge in [-0.15, -0.1) is 0 Å². The molecule has 2 aliphatic rings. The van der Waals surface area contributed by atoms with Crippen LogP contribution in [0.1, 0.15) is 79.0 Å². The van der Waals surface area contributed by atoms with E-state index in [9.17, 15) is 0 Å². The number of benzene rings is 8. The number of aromatic nitrogens is 4. The molecule has 0 atom stereocenters. The zero-order valence-corrected chi connectivity index (χ0v) is 41.5. The van der Waals surface area contributed by atoms with Gasteiger partial charge in [-0.25, -0.2) is 15.0 Å². The molecule has 12 rings (SSSR count). The van der Waals surface area contributed by atoms with E-state index in [-0.39, 0.29) is 23.0 Å². The summed E-state index contributed by atoms with van der Waals surface area (Å²) in [5.74, 6) is 3.58. The van der Waals surface area contributed by atoms with Crippen molar-refractivity contribution in [3.05, 3.63) is 193 Å². The minimum Gasteiger partial charge on any atom is -0.458 e. The van der Waals surface area contributed by atoms with Crippen LogP contribution in [-0.4, -0.2) is 26.2 Å². The van der Waals surface area contributed by atoms with Crippen molar-refractivity contribution >= 4 is 62.0 Å². The van der Waals surface area contributed by atoms with Gasteiger partial charge in [0.25, 0.3) is 6.71 Å². The Bertz CT molecular complexity index is 3630. The SMILES string of the molecule is CC(C)(C)c1ccc(N2c3ccc(C(C)(C)C)cc3B3c4cc(C(C)(C)C)ccc4Oc4cc(-n5c6ccccc6c6cccc(-c7nc(-c8ccccc8)nc(-c8ccccc8)n7)c65)cc2c43)cc1. The van der Waals surface area contributed by atoms with E-state index in [1.54, 1.807) is 0 Å². The maximum atomic E-state index is 7.29. The lowest BCUT2D eigenvalue weighted by atomic mass is 9.33. The Morgan fingerprint density at radius 1 is 0.429 bits per heavy atom. The van der Waals surface area contributed by atoms with E-state index in [0.717, 1.165) is 67.1 Å². The quantitative estimate of drug-likeness (QED) is 0.161. The van der Waals surface area contributed by atoms with Crippen molar-refractivity contribution in [1.82, 2.24) is 19.5 Å². The van der Waals surface area contributed by atoms with Crippen LogP contribution in [0.25, 0.3) is 61.7 Å². The Hall–Kier alpha value is -7.77. The zero-order valence-electron chi connectivity index (χ0n) is 41.5. The van der Waals surface area contributed by atoms with Gasteiger partial charge in [0.2, 0.25) is 0 Å². The average molecular weight is 910 g/mol. The van der Waals surface area contributed by atoms with E-state index in [2.05, 4.69) is 211 Å². The number of ether oxygens (including phenoxy) is 1. The summed E-state index contributed by atoms with van der Waals surface area (Å²) in [5, 5.41) is 2.25. The summed E-state index contributed by atoms with van der Waals surface area (Å²) in [7, 11) is 0. The van der Waals surface area contributed by atoms with Crippen LogP contribution in [0.5, 0.6) is 11.5 Å². The third-order valence-electron chi connectivity index (χ3n) is 14.4. The Kier molecular flexibility index (Phi) is 9.88. The number of fused-ring (bicyclic) bond motifs is 7. The lowest BCUT2D eigenvalue weighted by molar-refractivity contribution is 0.486. The highest BCUT2D eigenvalue weighted by Gasteiger charge is 2.43. The summed E-state index contributed by atoms with van der Waals surface area (Å²) in [6.07, 6.45) is 0. The normalized spacial score (nSPS) is 13.3. The second-order valence-corrected chi connectivity index (χ2v) is 22.2. The lowest BCUT2D eigenvalue weighted by Gasteiger charge is -2.41. The molecule has 0 fully saturated rings. The van der Waals surface area contributed by atoms with Crippen molar-refractivity contribution in [1.29, 1.82) is 0 Å². The van der Waals surface area contributed by atoms with Crippen molar-refractivity contribution in [2.45, 2.75) is 78.6 Å². The minimum absolute atomic E-state index is 0.00290. The van der Waals surface area contributed by atoms with Gasteiger partial charge in [-0.1, -0.05) is 190 Å². The third kappa shape index (κ3) is 7.21. The second-order valence-electron chi connectivity index (χ2n) is 22.2.